The number of fused-ring (bicyclic) bond motifs is 5. The van der Waals surface area contributed by atoms with Gasteiger partial charge in [0.25, 0.3) is 0 Å². The zero-order valence-electron chi connectivity index (χ0n) is 24.5. The molecule has 4 saturated carbocycles. The first kappa shape index (κ1) is 30.4. The predicted octanol–water partition coefficient (Wildman–Crippen LogP) is 0.972. The van der Waals surface area contributed by atoms with E-state index < -0.39 is 42.9 Å². The van der Waals surface area contributed by atoms with Crippen LogP contribution in [0.25, 0.3) is 0 Å². The van der Waals surface area contributed by atoms with E-state index in [9.17, 15) is 35.1 Å². The summed E-state index contributed by atoms with van der Waals surface area (Å²) in [6, 6.07) is 0. The molecule has 5 N–H and O–H groups in total. The van der Waals surface area contributed by atoms with Crippen molar-refractivity contribution in [3.8, 4) is 0 Å². The van der Waals surface area contributed by atoms with Crippen LogP contribution in [0.3, 0.4) is 0 Å². The summed E-state index contributed by atoms with van der Waals surface area (Å²) in [7, 11) is 0. The van der Waals surface area contributed by atoms with Crippen LogP contribution in [0.4, 0.5) is 0 Å². The van der Waals surface area contributed by atoms with E-state index in [2.05, 4.69) is 6.92 Å². The van der Waals surface area contributed by atoms with Gasteiger partial charge in [0.15, 0.2) is 6.29 Å². The van der Waals surface area contributed by atoms with Crippen LogP contribution in [0, 0.1) is 34.5 Å². The molecule has 2 aliphatic heterocycles. The summed E-state index contributed by atoms with van der Waals surface area (Å²) in [6.45, 7) is 3.67. The molecular formula is C31H46O11. The van der Waals surface area contributed by atoms with Gasteiger partial charge in [-0.1, -0.05) is 6.92 Å². The first-order valence-electron chi connectivity index (χ1n) is 15.6. The molecule has 11 heteroatoms. The van der Waals surface area contributed by atoms with Gasteiger partial charge in [-0.2, -0.15) is 0 Å². The molecule has 6 rings (SSSR count). The Bertz CT molecular complexity index is 1090. The molecule has 42 heavy (non-hydrogen) atoms. The van der Waals surface area contributed by atoms with Crippen molar-refractivity contribution in [1.82, 2.24) is 0 Å². The fourth-order valence-electron chi connectivity index (χ4n) is 10.2. The van der Waals surface area contributed by atoms with Crippen molar-refractivity contribution < 1.29 is 54.1 Å². The van der Waals surface area contributed by atoms with Gasteiger partial charge in [-0.25, -0.2) is 4.79 Å². The maximum atomic E-state index is 12.5. The van der Waals surface area contributed by atoms with E-state index in [4.69, 9.17) is 18.9 Å². The standard InChI is InChI=1S/C31H46O11/c1-16(33)40-15-30-9-5-19(41-28-27(37)26(36)25(35)23(13-32)42-28)12-18(30)3-4-22-21(30)6-8-29(2)20(7-10-31(22,29)38)17-11-24(34)39-14-17/h11,18-23,25-28,32,35-38H,3-10,12-15H2,1-2H3/t18-,19-,20+,21-,22+,23+,25+,26-,27+,28+,29+,30+,31-/m0/s1. The molecule has 11 nitrogen and oxygen atoms in total. The number of rotatable bonds is 6. The normalized spacial score (nSPS) is 50.3. The summed E-state index contributed by atoms with van der Waals surface area (Å²) in [5.74, 6) is -0.204. The average molecular weight is 595 g/mol. The molecule has 0 unspecified atom stereocenters. The summed E-state index contributed by atoms with van der Waals surface area (Å²) < 4.78 is 22.8. The van der Waals surface area contributed by atoms with E-state index in [1.807, 2.05) is 0 Å². The Morgan fingerprint density at radius 2 is 1.81 bits per heavy atom. The number of carbonyl (C=O) groups is 2. The fraction of sp³-hybridized carbons (Fsp3) is 0.871. The zero-order chi connectivity index (χ0) is 30.0. The molecule has 0 bridgehead atoms. The molecule has 0 amide bonds. The van der Waals surface area contributed by atoms with Crippen molar-refractivity contribution in [3.05, 3.63) is 11.6 Å². The molecule has 5 fully saturated rings. The van der Waals surface area contributed by atoms with Crippen LogP contribution < -0.4 is 0 Å². The van der Waals surface area contributed by atoms with Crippen molar-refractivity contribution in [2.45, 2.75) is 114 Å². The molecule has 6 aliphatic rings. The van der Waals surface area contributed by atoms with Crippen molar-refractivity contribution in [2.24, 2.45) is 34.5 Å². The molecule has 0 aromatic heterocycles. The Balaban J connectivity index is 1.22. The van der Waals surface area contributed by atoms with Crippen LogP contribution in [0.15, 0.2) is 11.6 Å². The quantitative estimate of drug-likeness (QED) is 0.219. The van der Waals surface area contributed by atoms with Gasteiger partial charge in [-0.05, 0) is 87.0 Å². The maximum Gasteiger partial charge on any atom is 0.331 e. The second-order valence-electron chi connectivity index (χ2n) is 14.0. The van der Waals surface area contributed by atoms with Gasteiger partial charge in [-0.3, -0.25) is 4.79 Å². The molecule has 1 saturated heterocycles. The lowest BCUT2D eigenvalue weighted by Crippen LogP contribution is -2.64. The molecule has 13 atom stereocenters. The van der Waals surface area contributed by atoms with Crippen molar-refractivity contribution in [3.63, 3.8) is 0 Å². The highest BCUT2D eigenvalue weighted by Gasteiger charge is 2.69. The number of esters is 2. The van der Waals surface area contributed by atoms with Crippen molar-refractivity contribution in [1.29, 1.82) is 0 Å². The number of aliphatic hydroxyl groups is 5. The minimum absolute atomic E-state index is 0.0367. The number of cyclic esters (lactones) is 1. The zero-order valence-corrected chi connectivity index (χ0v) is 24.5. The molecular weight excluding hydrogens is 548 g/mol. The van der Waals surface area contributed by atoms with Gasteiger partial charge in [0.1, 0.15) is 31.0 Å². The van der Waals surface area contributed by atoms with Crippen molar-refractivity contribution >= 4 is 11.9 Å². The Morgan fingerprint density at radius 3 is 2.50 bits per heavy atom. The smallest absolute Gasteiger partial charge is 0.331 e. The van der Waals surface area contributed by atoms with Crippen LogP contribution in [0.2, 0.25) is 0 Å². The van der Waals surface area contributed by atoms with Crippen LogP contribution in [0.1, 0.15) is 71.6 Å². The minimum Gasteiger partial charge on any atom is -0.465 e. The molecule has 0 aromatic carbocycles. The van der Waals surface area contributed by atoms with E-state index in [0.29, 0.717) is 32.3 Å². The maximum absolute atomic E-state index is 12.5. The third-order valence-corrected chi connectivity index (χ3v) is 12.4. The van der Waals surface area contributed by atoms with E-state index in [0.717, 1.165) is 37.7 Å². The predicted molar refractivity (Wildman–Crippen MR) is 145 cm³/mol. The highest BCUT2D eigenvalue weighted by molar-refractivity contribution is 5.85. The summed E-state index contributed by atoms with van der Waals surface area (Å²) in [5, 5.41) is 53.0. The number of carbonyl (C=O) groups excluding carboxylic acids is 2. The van der Waals surface area contributed by atoms with Crippen LogP contribution >= 0.6 is 0 Å². The van der Waals surface area contributed by atoms with Crippen LogP contribution in [-0.2, 0) is 28.5 Å². The third kappa shape index (κ3) is 4.66. The van der Waals surface area contributed by atoms with E-state index in [-0.39, 0.29) is 59.2 Å². The molecule has 236 valence electrons. The largest absolute Gasteiger partial charge is 0.465 e. The first-order chi connectivity index (χ1) is 19.9. The molecule has 4 aliphatic carbocycles. The summed E-state index contributed by atoms with van der Waals surface area (Å²) in [5.41, 5.74) is -0.603. The topological polar surface area (TPSA) is 172 Å². The van der Waals surface area contributed by atoms with E-state index in [1.54, 1.807) is 6.08 Å². The lowest BCUT2D eigenvalue weighted by molar-refractivity contribution is -0.317. The second-order valence-corrected chi connectivity index (χ2v) is 14.0. The van der Waals surface area contributed by atoms with Gasteiger partial charge in [0.05, 0.1) is 24.9 Å². The molecule has 0 spiro atoms. The van der Waals surface area contributed by atoms with Crippen LogP contribution in [-0.4, -0.2) is 99.7 Å². The minimum atomic E-state index is -1.50. The van der Waals surface area contributed by atoms with Crippen molar-refractivity contribution in [2.75, 3.05) is 19.8 Å². The highest BCUT2D eigenvalue weighted by atomic mass is 16.7. The van der Waals surface area contributed by atoms with Gasteiger partial charge in [-0.15, -0.1) is 0 Å². The molecule has 2 heterocycles. The number of aliphatic hydroxyl groups excluding tert-OH is 4. The Morgan fingerprint density at radius 1 is 1.02 bits per heavy atom. The monoisotopic (exact) mass is 594 g/mol. The summed E-state index contributed by atoms with van der Waals surface area (Å²) >= 11 is 0. The number of hydrogen-bond donors (Lipinski definition) is 5. The molecule has 0 radical (unpaired) electrons. The van der Waals surface area contributed by atoms with Gasteiger partial charge in [0, 0.05) is 23.8 Å². The van der Waals surface area contributed by atoms with E-state index >= 15 is 0 Å². The van der Waals surface area contributed by atoms with Gasteiger partial charge < -0.3 is 44.5 Å². The Labute approximate surface area is 246 Å². The summed E-state index contributed by atoms with van der Waals surface area (Å²) in [6.07, 6.45) is 1.49. The highest BCUT2D eigenvalue weighted by Crippen LogP contribution is 2.70. The average Bonchev–Trinajstić information content (AvgIpc) is 3.51. The Hall–Kier alpha value is -1.60. The summed E-state index contributed by atoms with van der Waals surface area (Å²) in [4.78, 5) is 23.9. The van der Waals surface area contributed by atoms with E-state index in [1.165, 1.54) is 6.92 Å². The van der Waals surface area contributed by atoms with Crippen LogP contribution in [0.5, 0.6) is 0 Å². The second kappa shape index (κ2) is 11.1. The SMILES string of the molecule is CC(=O)OC[C@]12CC[C@H](O[C@@H]3O[C@H](CO)[C@@H](O)[C@H](O)[C@H]3O)C[C@@H]1CC[C@@H]1[C@@H]2CC[C@]2(C)[C@@H](C3=CC(=O)OC3)CC[C@]12O. The lowest BCUT2D eigenvalue weighted by Gasteiger charge is -2.64. The lowest BCUT2D eigenvalue weighted by atomic mass is 9.43. The Kier molecular flexibility index (Phi) is 8.03. The number of hydrogen-bond acceptors (Lipinski definition) is 11. The fourth-order valence-corrected chi connectivity index (χ4v) is 10.2. The molecule has 0 aromatic rings. The number of ether oxygens (including phenoxy) is 4. The third-order valence-electron chi connectivity index (χ3n) is 12.4. The van der Waals surface area contributed by atoms with Gasteiger partial charge >= 0.3 is 11.9 Å². The first-order valence-corrected chi connectivity index (χ1v) is 15.6. The van der Waals surface area contributed by atoms with Gasteiger partial charge in [0.2, 0.25) is 0 Å².